The summed E-state index contributed by atoms with van der Waals surface area (Å²) in [6, 6.07) is 10.8. The molecule has 1 aliphatic carbocycles. The van der Waals surface area contributed by atoms with E-state index in [4.69, 9.17) is 0 Å². The smallest absolute Gasteiger partial charge is 0.123 e. The first-order chi connectivity index (χ1) is 12.1. The van der Waals surface area contributed by atoms with Gasteiger partial charge < -0.3 is 5.11 Å². The maximum Gasteiger partial charge on any atom is 0.123 e. The average Bonchev–Trinajstić information content (AvgIpc) is 2.58. The third kappa shape index (κ3) is 3.09. The summed E-state index contributed by atoms with van der Waals surface area (Å²) in [5, 5.41) is 11.6. The highest BCUT2D eigenvalue weighted by molar-refractivity contribution is 5.23. The van der Waals surface area contributed by atoms with Crippen molar-refractivity contribution in [2.24, 2.45) is 11.8 Å². The van der Waals surface area contributed by atoms with Crippen molar-refractivity contribution in [1.82, 2.24) is 9.88 Å². The molecule has 2 bridgehead atoms. The summed E-state index contributed by atoms with van der Waals surface area (Å²) in [6.07, 6.45) is 5.09. The fourth-order valence-corrected chi connectivity index (χ4v) is 4.64. The minimum Gasteiger partial charge on any atom is -0.383 e. The Morgan fingerprint density at radius 3 is 2.40 bits per heavy atom. The van der Waals surface area contributed by atoms with Gasteiger partial charge in [-0.2, -0.15) is 0 Å². The van der Waals surface area contributed by atoms with Gasteiger partial charge in [-0.1, -0.05) is 24.6 Å². The van der Waals surface area contributed by atoms with Gasteiger partial charge in [0.05, 0.1) is 5.69 Å². The van der Waals surface area contributed by atoms with E-state index in [-0.39, 0.29) is 17.7 Å². The summed E-state index contributed by atoms with van der Waals surface area (Å²) < 4.78 is 13.1. The fraction of sp³-hybridized carbons (Fsp3) is 0.476. The quantitative estimate of drug-likeness (QED) is 0.926. The van der Waals surface area contributed by atoms with Crippen LogP contribution in [0.5, 0.6) is 0 Å². The van der Waals surface area contributed by atoms with Gasteiger partial charge in [0.25, 0.3) is 0 Å². The number of nitrogens with zero attached hydrogens (tertiary/aromatic N) is 2. The number of fused-ring (bicyclic) bond motifs is 2. The lowest BCUT2D eigenvalue weighted by Crippen LogP contribution is -2.58. The number of rotatable bonds is 3. The molecule has 1 aromatic carbocycles. The molecule has 1 aliphatic heterocycles. The molecule has 2 heterocycles. The Hall–Kier alpha value is -1.78. The summed E-state index contributed by atoms with van der Waals surface area (Å²) in [5.74, 6) is 0.213. The normalized spacial score (nSPS) is 29.6. The Morgan fingerprint density at radius 1 is 1.12 bits per heavy atom. The molecule has 132 valence electrons. The lowest BCUT2D eigenvalue weighted by molar-refractivity contribution is -0.151. The standard InChI is InChI=1S/C21H25FN2O/c1-15-5-10-20(23-11-15)21(25)17-3-2-4-18(21)14-24(13-17)12-16-6-8-19(22)9-7-16/h5-11,17-18,25H,2-4,12-14H2,1H3/t17-,18+,21?. The molecule has 4 heteroatoms. The van der Waals surface area contributed by atoms with Gasteiger partial charge in [0, 0.05) is 37.7 Å². The number of aromatic nitrogens is 1. The fourth-order valence-electron chi connectivity index (χ4n) is 4.64. The van der Waals surface area contributed by atoms with Gasteiger partial charge in [0.15, 0.2) is 0 Å². The molecular weight excluding hydrogens is 315 g/mol. The van der Waals surface area contributed by atoms with Crippen LogP contribution in [0.2, 0.25) is 0 Å². The molecule has 2 fully saturated rings. The highest BCUT2D eigenvalue weighted by atomic mass is 19.1. The zero-order valence-electron chi connectivity index (χ0n) is 14.7. The largest absolute Gasteiger partial charge is 0.383 e. The second-order valence-corrected chi connectivity index (χ2v) is 7.69. The topological polar surface area (TPSA) is 36.4 Å². The molecule has 1 saturated carbocycles. The predicted molar refractivity (Wildman–Crippen MR) is 95.4 cm³/mol. The monoisotopic (exact) mass is 340 g/mol. The van der Waals surface area contributed by atoms with E-state index in [9.17, 15) is 9.50 Å². The molecule has 1 aromatic heterocycles. The van der Waals surface area contributed by atoms with Crippen LogP contribution in [-0.2, 0) is 12.1 Å². The molecule has 1 unspecified atom stereocenters. The van der Waals surface area contributed by atoms with Crippen LogP contribution >= 0.6 is 0 Å². The van der Waals surface area contributed by atoms with Crippen LogP contribution in [0.3, 0.4) is 0 Å². The summed E-state index contributed by atoms with van der Waals surface area (Å²) in [5.41, 5.74) is 2.25. The lowest BCUT2D eigenvalue weighted by Gasteiger charge is -2.52. The number of likely N-dealkylation sites (tertiary alicyclic amines) is 1. The molecule has 1 saturated heterocycles. The molecule has 0 amide bonds. The molecule has 0 spiro atoms. The number of halogens is 1. The first kappa shape index (κ1) is 16.7. The molecule has 4 rings (SSSR count). The van der Waals surface area contributed by atoms with Gasteiger partial charge >= 0.3 is 0 Å². The second-order valence-electron chi connectivity index (χ2n) is 7.69. The molecule has 3 atom stereocenters. The number of aryl methyl sites for hydroxylation is 1. The van der Waals surface area contributed by atoms with Crippen LogP contribution in [0.25, 0.3) is 0 Å². The number of hydrogen-bond acceptors (Lipinski definition) is 3. The zero-order chi connectivity index (χ0) is 17.4. The van der Waals surface area contributed by atoms with Crippen molar-refractivity contribution in [2.45, 2.75) is 38.3 Å². The number of benzene rings is 1. The molecular formula is C21H25FN2O. The van der Waals surface area contributed by atoms with Crippen LogP contribution in [0.4, 0.5) is 4.39 Å². The molecule has 0 radical (unpaired) electrons. The van der Waals surface area contributed by atoms with E-state index in [1.807, 2.05) is 37.4 Å². The number of aliphatic hydroxyl groups is 1. The Labute approximate surface area is 148 Å². The van der Waals surface area contributed by atoms with E-state index in [2.05, 4.69) is 9.88 Å². The van der Waals surface area contributed by atoms with Crippen molar-refractivity contribution in [2.75, 3.05) is 13.1 Å². The maximum atomic E-state index is 13.1. The van der Waals surface area contributed by atoms with E-state index >= 15 is 0 Å². The second kappa shape index (κ2) is 6.50. The maximum absolute atomic E-state index is 13.1. The number of hydrogen-bond donors (Lipinski definition) is 1. The van der Waals surface area contributed by atoms with Gasteiger partial charge in [-0.05, 0) is 49.1 Å². The van der Waals surface area contributed by atoms with E-state index in [1.165, 1.54) is 18.6 Å². The molecule has 3 nitrogen and oxygen atoms in total. The zero-order valence-corrected chi connectivity index (χ0v) is 14.7. The van der Waals surface area contributed by atoms with E-state index < -0.39 is 5.60 Å². The third-order valence-electron chi connectivity index (χ3n) is 5.95. The van der Waals surface area contributed by atoms with E-state index in [0.29, 0.717) is 0 Å². The highest BCUT2D eigenvalue weighted by Gasteiger charge is 2.52. The van der Waals surface area contributed by atoms with Gasteiger partial charge in [0.2, 0.25) is 0 Å². The minimum absolute atomic E-state index is 0.195. The Bertz CT molecular complexity index is 715. The van der Waals surface area contributed by atoms with Gasteiger partial charge in [0.1, 0.15) is 11.4 Å². The van der Waals surface area contributed by atoms with Gasteiger partial charge in [-0.15, -0.1) is 0 Å². The van der Waals surface area contributed by atoms with Gasteiger partial charge in [-0.3, -0.25) is 9.88 Å². The summed E-state index contributed by atoms with van der Waals surface area (Å²) in [6.45, 7) is 4.55. The number of pyridine rings is 1. The van der Waals surface area contributed by atoms with E-state index in [1.54, 1.807) is 0 Å². The average molecular weight is 340 g/mol. The van der Waals surface area contributed by atoms with Crippen molar-refractivity contribution in [3.05, 3.63) is 65.2 Å². The lowest BCUT2D eigenvalue weighted by atomic mass is 9.64. The van der Waals surface area contributed by atoms with Crippen molar-refractivity contribution >= 4 is 0 Å². The van der Waals surface area contributed by atoms with Crippen LogP contribution in [-0.4, -0.2) is 28.1 Å². The Morgan fingerprint density at radius 2 is 1.80 bits per heavy atom. The SMILES string of the molecule is Cc1ccc(C2(O)[C@@H]3CCC[C@H]2CN(Cc2ccc(F)cc2)C3)nc1. The highest BCUT2D eigenvalue weighted by Crippen LogP contribution is 2.48. The predicted octanol–water partition coefficient (Wildman–Crippen LogP) is 3.65. The van der Waals surface area contributed by atoms with Crippen molar-refractivity contribution < 1.29 is 9.50 Å². The van der Waals surface area contributed by atoms with Gasteiger partial charge in [-0.25, -0.2) is 4.39 Å². The molecule has 2 aromatic rings. The van der Waals surface area contributed by atoms with Crippen molar-refractivity contribution in [3.63, 3.8) is 0 Å². The molecule has 2 aliphatic rings. The molecule has 25 heavy (non-hydrogen) atoms. The van der Waals surface area contributed by atoms with Crippen LogP contribution in [0.1, 0.15) is 36.1 Å². The summed E-state index contributed by atoms with van der Waals surface area (Å²) in [4.78, 5) is 6.97. The van der Waals surface area contributed by atoms with Crippen LogP contribution in [0, 0.1) is 24.6 Å². The summed E-state index contributed by atoms with van der Waals surface area (Å²) in [7, 11) is 0. The van der Waals surface area contributed by atoms with Crippen LogP contribution in [0.15, 0.2) is 42.6 Å². The molecule has 1 N–H and O–H groups in total. The number of piperidine rings is 1. The first-order valence-electron chi connectivity index (χ1n) is 9.18. The minimum atomic E-state index is -0.814. The van der Waals surface area contributed by atoms with Crippen molar-refractivity contribution in [3.8, 4) is 0 Å². The first-order valence-corrected chi connectivity index (χ1v) is 9.18. The Kier molecular flexibility index (Phi) is 4.34. The van der Waals surface area contributed by atoms with Crippen LogP contribution < -0.4 is 0 Å². The Balaban J connectivity index is 1.56. The third-order valence-corrected chi connectivity index (χ3v) is 5.95. The summed E-state index contributed by atoms with van der Waals surface area (Å²) >= 11 is 0. The van der Waals surface area contributed by atoms with Crippen molar-refractivity contribution in [1.29, 1.82) is 0 Å². The van der Waals surface area contributed by atoms with E-state index in [0.717, 1.165) is 49.3 Å².